The Labute approximate surface area is 126 Å². The monoisotopic (exact) mass is 283 g/mol. The van der Waals surface area contributed by atoms with E-state index in [9.17, 15) is 0 Å². The predicted octanol–water partition coefficient (Wildman–Crippen LogP) is 4.91. The number of methoxy groups -OCH3 is 1. The second-order valence-corrected chi connectivity index (χ2v) is 7.43. The lowest BCUT2D eigenvalue weighted by atomic mass is 9.67. The summed E-state index contributed by atoms with van der Waals surface area (Å²) in [6, 6.07) is 0.226. The van der Waals surface area contributed by atoms with Crippen LogP contribution in [0.15, 0.2) is 0 Å². The van der Waals surface area contributed by atoms with Crippen molar-refractivity contribution in [2.45, 2.75) is 97.1 Å². The molecule has 1 aliphatic carbocycles. The molecule has 1 aliphatic rings. The average Bonchev–Trinajstić information content (AvgIpc) is 2.40. The SMILES string of the molecule is CCCCCCCCC[C@@H]1CCC(C)(C)[C@H](OC)[C@H]1N. The summed E-state index contributed by atoms with van der Waals surface area (Å²) in [7, 11) is 1.82. The summed E-state index contributed by atoms with van der Waals surface area (Å²) in [5.41, 5.74) is 6.71. The van der Waals surface area contributed by atoms with Crippen LogP contribution in [-0.4, -0.2) is 19.3 Å². The van der Waals surface area contributed by atoms with Crippen molar-refractivity contribution in [2.24, 2.45) is 17.1 Å². The third-order valence-corrected chi connectivity index (χ3v) is 5.26. The Balaban J connectivity index is 2.21. The molecule has 1 fully saturated rings. The van der Waals surface area contributed by atoms with Crippen LogP contribution in [0, 0.1) is 11.3 Å². The molecular formula is C18H37NO. The van der Waals surface area contributed by atoms with E-state index >= 15 is 0 Å². The van der Waals surface area contributed by atoms with Gasteiger partial charge in [-0.2, -0.15) is 0 Å². The highest BCUT2D eigenvalue weighted by atomic mass is 16.5. The molecule has 0 aromatic rings. The van der Waals surface area contributed by atoms with Gasteiger partial charge >= 0.3 is 0 Å². The topological polar surface area (TPSA) is 35.2 Å². The number of hydrogen-bond acceptors (Lipinski definition) is 2. The van der Waals surface area contributed by atoms with Crippen molar-refractivity contribution in [1.29, 1.82) is 0 Å². The first-order chi connectivity index (χ1) is 9.53. The van der Waals surface area contributed by atoms with Gasteiger partial charge in [-0.1, -0.05) is 65.7 Å². The van der Waals surface area contributed by atoms with Crippen LogP contribution in [0.5, 0.6) is 0 Å². The predicted molar refractivity (Wildman–Crippen MR) is 87.9 cm³/mol. The number of unbranched alkanes of at least 4 members (excludes halogenated alkanes) is 6. The van der Waals surface area contributed by atoms with Crippen LogP contribution < -0.4 is 5.73 Å². The first kappa shape index (κ1) is 18.0. The minimum Gasteiger partial charge on any atom is -0.379 e. The molecule has 1 rings (SSSR count). The van der Waals surface area contributed by atoms with Crippen molar-refractivity contribution < 1.29 is 4.74 Å². The van der Waals surface area contributed by atoms with E-state index < -0.39 is 0 Å². The van der Waals surface area contributed by atoms with Crippen LogP contribution in [0.1, 0.15) is 85.0 Å². The Hall–Kier alpha value is -0.0800. The highest BCUT2D eigenvalue weighted by molar-refractivity contribution is 4.95. The summed E-state index contributed by atoms with van der Waals surface area (Å²) in [5, 5.41) is 0. The van der Waals surface area contributed by atoms with Crippen LogP contribution in [-0.2, 0) is 4.74 Å². The Bertz CT molecular complexity index is 252. The molecule has 2 nitrogen and oxygen atoms in total. The first-order valence-electron chi connectivity index (χ1n) is 8.81. The Morgan fingerprint density at radius 1 is 1.05 bits per heavy atom. The zero-order valence-electron chi connectivity index (χ0n) is 14.3. The lowest BCUT2D eigenvalue weighted by Crippen LogP contribution is -2.53. The minimum atomic E-state index is 0.226. The number of nitrogens with two attached hydrogens (primary N) is 1. The van der Waals surface area contributed by atoms with Gasteiger partial charge in [0, 0.05) is 13.2 Å². The van der Waals surface area contributed by atoms with Gasteiger partial charge in [-0.15, -0.1) is 0 Å². The summed E-state index contributed by atoms with van der Waals surface area (Å²) in [6.07, 6.45) is 13.8. The second-order valence-electron chi connectivity index (χ2n) is 7.43. The third kappa shape index (κ3) is 5.37. The maximum Gasteiger partial charge on any atom is 0.0775 e. The van der Waals surface area contributed by atoms with Crippen LogP contribution in [0.2, 0.25) is 0 Å². The fourth-order valence-electron chi connectivity index (χ4n) is 3.84. The van der Waals surface area contributed by atoms with Crippen LogP contribution in [0.4, 0.5) is 0 Å². The number of ether oxygens (including phenoxy) is 1. The Morgan fingerprint density at radius 3 is 2.25 bits per heavy atom. The van der Waals surface area contributed by atoms with Crippen molar-refractivity contribution in [2.75, 3.05) is 7.11 Å². The van der Waals surface area contributed by atoms with Gasteiger partial charge in [0.1, 0.15) is 0 Å². The molecule has 1 saturated carbocycles. The largest absolute Gasteiger partial charge is 0.379 e. The van der Waals surface area contributed by atoms with Crippen molar-refractivity contribution >= 4 is 0 Å². The maximum absolute atomic E-state index is 6.46. The van der Waals surface area contributed by atoms with E-state index in [4.69, 9.17) is 10.5 Å². The number of rotatable bonds is 9. The van der Waals surface area contributed by atoms with Crippen LogP contribution >= 0.6 is 0 Å². The molecule has 120 valence electrons. The molecule has 0 amide bonds. The molecular weight excluding hydrogens is 246 g/mol. The van der Waals surface area contributed by atoms with Crippen molar-refractivity contribution in [3.05, 3.63) is 0 Å². The summed E-state index contributed by atoms with van der Waals surface area (Å²) in [5.74, 6) is 0.670. The lowest BCUT2D eigenvalue weighted by molar-refractivity contribution is -0.0567. The van der Waals surface area contributed by atoms with E-state index in [2.05, 4.69) is 20.8 Å². The lowest BCUT2D eigenvalue weighted by Gasteiger charge is -2.45. The number of hydrogen-bond donors (Lipinski definition) is 1. The normalized spacial score (nSPS) is 29.6. The van der Waals surface area contributed by atoms with E-state index in [0.717, 1.165) is 0 Å². The molecule has 0 heterocycles. The van der Waals surface area contributed by atoms with E-state index in [1.165, 1.54) is 64.2 Å². The molecule has 3 atom stereocenters. The van der Waals surface area contributed by atoms with Crippen molar-refractivity contribution in [3.8, 4) is 0 Å². The molecule has 0 bridgehead atoms. The van der Waals surface area contributed by atoms with Gasteiger partial charge < -0.3 is 10.5 Å². The summed E-state index contributed by atoms with van der Waals surface area (Å²) < 4.78 is 5.70. The van der Waals surface area contributed by atoms with E-state index in [1.54, 1.807) is 0 Å². The van der Waals surface area contributed by atoms with Gasteiger partial charge in [0.25, 0.3) is 0 Å². The standard InChI is InChI=1S/C18H37NO/c1-5-6-7-8-9-10-11-12-15-13-14-18(2,3)17(20-4)16(15)19/h15-17H,5-14,19H2,1-4H3/t15-,16+,17-/m1/s1. The molecule has 0 aromatic heterocycles. The zero-order chi connectivity index (χ0) is 15.0. The van der Waals surface area contributed by atoms with Crippen LogP contribution in [0.25, 0.3) is 0 Å². The van der Waals surface area contributed by atoms with Gasteiger partial charge in [-0.25, -0.2) is 0 Å². The smallest absolute Gasteiger partial charge is 0.0775 e. The summed E-state index contributed by atoms with van der Waals surface area (Å²) in [6.45, 7) is 6.87. The summed E-state index contributed by atoms with van der Waals surface area (Å²) >= 11 is 0. The Kier molecular flexibility index (Phi) is 8.13. The Morgan fingerprint density at radius 2 is 1.65 bits per heavy atom. The van der Waals surface area contributed by atoms with Gasteiger partial charge in [0.2, 0.25) is 0 Å². The molecule has 0 aliphatic heterocycles. The van der Waals surface area contributed by atoms with Crippen molar-refractivity contribution in [3.63, 3.8) is 0 Å². The molecule has 0 spiro atoms. The second kappa shape index (κ2) is 9.04. The van der Waals surface area contributed by atoms with Gasteiger partial charge in [0.15, 0.2) is 0 Å². The molecule has 20 heavy (non-hydrogen) atoms. The molecule has 0 unspecified atom stereocenters. The highest BCUT2D eigenvalue weighted by Gasteiger charge is 2.42. The van der Waals surface area contributed by atoms with Gasteiger partial charge in [0.05, 0.1) is 6.10 Å². The zero-order valence-corrected chi connectivity index (χ0v) is 14.3. The fourth-order valence-corrected chi connectivity index (χ4v) is 3.84. The molecule has 0 radical (unpaired) electrons. The first-order valence-corrected chi connectivity index (χ1v) is 8.81. The maximum atomic E-state index is 6.46. The third-order valence-electron chi connectivity index (χ3n) is 5.26. The molecule has 2 N–H and O–H groups in total. The molecule has 0 aromatic carbocycles. The van der Waals surface area contributed by atoms with Gasteiger partial charge in [-0.3, -0.25) is 0 Å². The summed E-state index contributed by atoms with van der Waals surface area (Å²) in [4.78, 5) is 0. The minimum absolute atomic E-state index is 0.226. The highest BCUT2D eigenvalue weighted by Crippen LogP contribution is 2.41. The fraction of sp³-hybridized carbons (Fsp3) is 1.00. The van der Waals surface area contributed by atoms with Crippen LogP contribution in [0.3, 0.4) is 0 Å². The van der Waals surface area contributed by atoms with Gasteiger partial charge in [-0.05, 0) is 30.6 Å². The average molecular weight is 284 g/mol. The molecule has 0 saturated heterocycles. The van der Waals surface area contributed by atoms with E-state index in [0.29, 0.717) is 5.92 Å². The quantitative estimate of drug-likeness (QED) is 0.610. The molecule has 2 heteroatoms. The van der Waals surface area contributed by atoms with Crippen molar-refractivity contribution in [1.82, 2.24) is 0 Å². The van der Waals surface area contributed by atoms with E-state index in [1.807, 2.05) is 7.11 Å². The van der Waals surface area contributed by atoms with E-state index in [-0.39, 0.29) is 17.6 Å².